The SMILES string of the molecule is C=C(CC)N=C(N)Cl. The van der Waals surface area contributed by atoms with E-state index in [0.717, 1.165) is 6.42 Å². The summed E-state index contributed by atoms with van der Waals surface area (Å²) in [7, 11) is 0. The monoisotopic (exact) mass is 132 g/mol. The lowest BCUT2D eigenvalue weighted by Crippen LogP contribution is -2.01. The van der Waals surface area contributed by atoms with Gasteiger partial charge in [-0.1, -0.05) is 13.5 Å². The predicted molar refractivity (Wildman–Crippen MR) is 36.9 cm³/mol. The van der Waals surface area contributed by atoms with Crippen molar-refractivity contribution in [3.05, 3.63) is 12.3 Å². The van der Waals surface area contributed by atoms with Gasteiger partial charge in [-0.05, 0) is 18.0 Å². The third kappa shape index (κ3) is 3.68. The van der Waals surface area contributed by atoms with Crippen molar-refractivity contribution in [3.63, 3.8) is 0 Å². The van der Waals surface area contributed by atoms with Crippen molar-refractivity contribution < 1.29 is 0 Å². The molecule has 2 N–H and O–H groups in total. The van der Waals surface area contributed by atoms with E-state index in [-0.39, 0.29) is 5.29 Å². The van der Waals surface area contributed by atoms with Crippen LogP contribution >= 0.6 is 11.6 Å². The molecule has 0 bridgehead atoms. The second kappa shape index (κ2) is 3.50. The minimum absolute atomic E-state index is 0.0526. The van der Waals surface area contributed by atoms with Gasteiger partial charge in [-0.3, -0.25) is 0 Å². The van der Waals surface area contributed by atoms with E-state index in [9.17, 15) is 0 Å². The first-order valence-electron chi connectivity index (χ1n) is 2.34. The van der Waals surface area contributed by atoms with Crippen LogP contribution in [0.5, 0.6) is 0 Å². The number of hydrogen-bond donors (Lipinski definition) is 1. The largest absolute Gasteiger partial charge is 0.374 e. The van der Waals surface area contributed by atoms with Gasteiger partial charge < -0.3 is 5.73 Å². The maximum Gasteiger partial charge on any atom is 0.193 e. The van der Waals surface area contributed by atoms with Crippen LogP contribution in [0.15, 0.2) is 17.3 Å². The number of halogens is 1. The van der Waals surface area contributed by atoms with E-state index in [1.807, 2.05) is 6.92 Å². The highest BCUT2D eigenvalue weighted by Gasteiger charge is 1.84. The van der Waals surface area contributed by atoms with E-state index < -0.39 is 0 Å². The Kier molecular flexibility index (Phi) is 3.28. The van der Waals surface area contributed by atoms with E-state index in [1.165, 1.54) is 0 Å². The van der Waals surface area contributed by atoms with Crippen LogP contribution in [0.4, 0.5) is 0 Å². The van der Waals surface area contributed by atoms with Crippen LogP contribution in [0.1, 0.15) is 13.3 Å². The molecule has 8 heavy (non-hydrogen) atoms. The molecule has 46 valence electrons. The van der Waals surface area contributed by atoms with Gasteiger partial charge in [0, 0.05) is 5.70 Å². The van der Waals surface area contributed by atoms with Crippen molar-refractivity contribution in [1.29, 1.82) is 0 Å². The number of hydrogen-bond acceptors (Lipinski definition) is 1. The smallest absolute Gasteiger partial charge is 0.193 e. The summed E-state index contributed by atoms with van der Waals surface area (Å²) < 4.78 is 0. The van der Waals surface area contributed by atoms with Crippen LogP contribution < -0.4 is 5.73 Å². The Morgan fingerprint density at radius 1 is 1.88 bits per heavy atom. The van der Waals surface area contributed by atoms with Gasteiger partial charge in [0.05, 0.1) is 0 Å². The van der Waals surface area contributed by atoms with E-state index in [0.29, 0.717) is 5.70 Å². The molecule has 0 aromatic carbocycles. The molecule has 0 fully saturated rings. The summed E-state index contributed by atoms with van der Waals surface area (Å²) >= 11 is 5.22. The molecule has 0 radical (unpaired) electrons. The fourth-order valence-electron chi connectivity index (χ4n) is 0.230. The standard InChI is InChI=1S/C5H9ClN2/c1-3-4(2)8-5(6)7/h2-3H2,1H3,(H2,7,8). The van der Waals surface area contributed by atoms with Crippen molar-refractivity contribution in [3.8, 4) is 0 Å². The lowest BCUT2D eigenvalue weighted by Gasteiger charge is -1.89. The normalized spacial score (nSPS) is 11.5. The first-order chi connectivity index (χ1) is 3.66. The first-order valence-corrected chi connectivity index (χ1v) is 2.72. The molecule has 0 amide bonds. The number of nitrogens with zero attached hydrogens (tertiary/aromatic N) is 1. The van der Waals surface area contributed by atoms with Crippen molar-refractivity contribution in [2.45, 2.75) is 13.3 Å². The van der Waals surface area contributed by atoms with Crippen LogP contribution in [0, 0.1) is 0 Å². The fourth-order valence-corrected chi connectivity index (χ4v) is 0.350. The summed E-state index contributed by atoms with van der Waals surface area (Å²) in [5.74, 6) is 0. The molecule has 0 rings (SSSR count). The van der Waals surface area contributed by atoms with Crippen molar-refractivity contribution >= 4 is 16.9 Å². The lowest BCUT2D eigenvalue weighted by molar-refractivity contribution is 1.08. The Labute approximate surface area is 54.0 Å². The van der Waals surface area contributed by atoms with Crippen molar-refractivity contribution in [2.24, 2.45) is 10.7 Å². The molecule has 0 spiro atoms. The summed E-state index contributed by atoms with van der Waals surface area (Å²) in [5.41, 5.74) is 5.73. The molecule has 0 aliphatic carbocycles. The van der Waals surface area contributed by atoms with Crippen LogP contribution in [-0.2, 0) is 0 Å². The number of allylic oxidation sites excluding steroid dienone is 1. The fraction of sp³-hybridized carbons (Fsp3) is 0.400. The second-order valence-corrected chi connectivity index (χ2v) is 1.74. The van der Waals surface area contributed by atoms with E-state index in [1.54, 1.807) is 0 Å². The quantitative estimate of drug-likeness (QED) is 0.345. The molecule has 0 aliphatic heterocycles. The molecule has 2 nitrogen and oxygen atoms in total. The minimum Gasteiger partial charge on any atom is -0.374 e. The summed E-state index contributed by atoms with van der Waals surface area (Å²) in [6.45, 7) is 5.50. The molecule has 0 unspecified atom stereocenters. The maximum absolute atomic E-state index is 5.22. The molecule has 0 aromatic rings. The van der Waals surface area contributed by atoms with Crippen molar-refractivity contribution in [2.75, 3.05) is 0 Å². The maximum atomic E-state index is 5.22. The third-order valence-electron chi connectivity index (χ3n) is 0.673. The van der Waals surface area contributed by atoms with Gasteiger partial charge in [0.15, 0.2) is 5.29 Å². The summed E-state index contributed by atoms with van der Waals surface area (Å²) in [6, 6.07) is 0. The highest BCUT2D eigenvalue weighted by Crippen LogP contribution is 1.97. The zero-order chi connectivity index (χ0) is 6.57. The second-order valence-electron chi connectivity index (χ2n) is 1.35. The van der Waals surface area contributed by atoms with Crippen LogP contribution in [0.25, 0.3) is 0 Å². The van der Waals surface area contributed by atoms with Gasteiger partial charge in [-0.25, -0.2) is 4.99 Å². The van der Waals surface area contributed by atoms with Gasteiger partial charge in [0.2, 0.25) is 0 Å². The Morgan fingerprint density at radius 2 is 2.38 bits per heavy atom. The Balaban J connectivity index is 3.70. The van der Waals surface area contributed by atoms with E-state index in [2.05, 4.69) is 11.6 Å². The van der Waals surface area contributed by atoms with Gasteiger partial charge in [-0.2, -0.15) is 0 Å². The lowest BCUT2D eigenvalue weighted by atomic mass is 10.4. The molecule has 3 heteroatoms. The van der Waals surface area contributed by atoms with Crippen LogP contribution in [0.3, 0.4) is 0 Å². The summed E-state index contributed by atoms with van der Waals surface area (Å²) in [4.78, 5) is 3.66. The Bertz CT molecular complexity index is 114. The van der Waals surface area contributed by atoms with Gasteiger partial charge in [0.25, 0.3) is 0 Å². The first kappa shape index (κ1) is 7.50. The molecular weight excluding hydrogens is 124 g/mol. The van der Waals surface area contributed by atoms with Crippen LogP contribution in [0.2, 0.25) is 0 Å². The number of amidine groups is 1. The zero-order valence-electron chi connectivity index (χ0n) is 4.82. The zero-order valence-corrected chi connectivity index (χ0v) is 5.57. The molecular formula is C5H9ClN2. The predicted octanol–water partition coefficient (Wildman–Crippen LogP) is 1.46. The topological polar surface area (TPSA) is 38.4 Å². The highest BCUT2D eigenvalue weighted by atomic mass is 35.5. The number of nitrogens with two attached hydrogens (primary N) is 1. The summed E-state index contributed by atoms with van der Waals surface area (Å²) in [6.07, 6.45) is 0.785. The van der Waals surface area contributed by atoms with Gasteiger partial charge in [-0.15, -0.1) is 0 Å². The number of aliphatic imine (C=N–C) groups is 1. The summed E-state index contributed by atoms with van der Waals surface area (Å²) in [5, 5.41) is 0.0526. The third-order valence-corrected chi connectivity index (χ3v) is 0.758. The molecule has 0 aliphatic rings. The van der Waals surface area contributed by atoms with Crippen molar-refractivity contribution in [1.82, 2.24) is 0 Å². The molecule has 0 saturated carbocycles. The molecule has 0 heterocycles. The Hall–Kier alpha value is -0.500. The average molecular weight is 133 g/mol. The van der Waals surface area contributed by atoms with E-state index >= 15 is 0 Å². The molecule has 0 saturated heterocycles. The van der Waals surface area contributed by atoms with Crippen LogP contribution in [-0.4, -0.2) is 5.29 Å². The number of rotatable bonds is 2. The molecule has 0 aromatic heterocycles. The highest BCUT2D eigenvalue weighted by molar-refractivity contribution is 6.64. The van der Waals surface area contributed by atoms with E-state index in [4.69, 9.17) is 17.3 Å². The minimum atomic E-state index is 0.0526. The van der Waals surface area contributed by atoms with Gasteiger partial charge >= 0.3 is 0 Å². The Morgan fingerprint density at radius 3 is 2.50 bits per heavy atom. The van der Waals surface area contributed by atoms with Gasteiger partial charge in [0.1, 0.15) is 0 Å². The average Bonchev–Trinajstić information content (AvgIpc) is 1.65. The molecule has 0 atom stereocenters.